The van der Waals surface area contributed by atoms with Crippen LogP contribution in [-0.4, -0.2) is 65.6 Å². The van der Waals surface area contributed by atoms with E-state index in [1.54, 1.807) is 23.7 Å². The smallest absolute Gasteiger partial charge is 0.225 e. The summed E-state index contributed by atoms with van der Waals surface area (Å²) in [6.07, 6.45) is 5.51. The number of anilines is 1. The van der Waals surface area contributed by atoms with E-state index in [0.717, 1.165) is 63.2 Å². The van der Waals surface area contributed by atoms with Gasteiger partial charge in [-0.1, -0.05) is 6.92 Å². The molecule has 0 radical (unpaired) electrons. The summed E-state index contributed by atoms with van der Waals surface area (Å²) in [7, 11) is 1.84. The van der Waals surface area contributed by atoms with E-state index in [1.807, 2.05) is 13.1 Å². The fourth-order valence-corrected chi connectivity index (χ4v) is 3.61. The van der Waals surface area contributed by atoms with Crippen LogP contribution in [0.3, 0.4) is 0 Å². The minimum atomic E-state index is 0. The third-order valence-corrected chi connectivity index (χ3v) is 5.23. The topological polar surface area (TPSA) is 69.5 Å². The summed E-state index contributed by atoms with van der Waals surface area (Å²) < 4.78 is 0. The van der Waals surface area contributed by atoms with Crippen molar-refractivity contribution in [3.05, 3.63) is 34.5 Å². The Labute approximate surface area is 176 Å². The molecule has 0 aliphatic carbocycles. The first-order valence-corrected chi connectivity index (χ1v) is 9.59. The van der Waals surface area contributed by atoms with E-state index in [9.17, 15) is 0 Å². The normalized spacial score (nSPS) is 14.9. The van der Waals surface area contributed by atoms with Gasteiger partial charge in [-0.25, -0.2) is 15.0 Å². The molecule has 0 atom stereocenters. The molecule has 2 aromatic rings. The van der Waals surface area contributed by atoms with Gasteiger partial charge in [-0.05, 0) is 12.5 Å². The van der Waals surface area contributed by atoms with Gasteiger partial charge in [0.15, 0.2) is 5.96 Å². The Morgan fingerprint density at radius 1 is 1.23 bits per heavy atom. The fraction of sp³-hybridized carbons (Fsp3) is 0.529. The van der Waals surface area contributed by atoms with E-state index in [2.05, 4.69) is 47.4 Å². The van der Waals surface area contributed by atoms with Crippen molar-refractivity contribution >= 4 is 47.2 Å². The van der Waals surface area contributed by atoms with Gasteiger partial charge < -0.3 is 15.1 Å². The number of thiazole rings is 1. The van der Waals surface area contributed by atoms with Crippen LogP contribution in [0.25, 0.3) is 0 Å². The molecule has 0 unspecified atom stereocenters. The lowest BCUT2D eigenvalue weighted by Gasteiger charge is -2.36. The van der Waals surface area contributed by atoms with Gasteiger partial charge >= 0.3 is 0 Å². The Morgan fingerprint density at radius 3 is 2.58 bits per heavy atom. The first-order chi connectivity index (χ1) is 12.3. The number of rotatable bonds is 5. The summed E-state index contributed by atoms with van der Waals surface area (Å²) in [4.78, 5) is 22.2. The second-order valence-corrected chi connectivity index (χ2v) is 6.78. The van der Waals surface area contributed by atoms with Crippen LogP contribution in [0, 0.1) is 0 Å². The molecule has 1 fully saturated rings. The number of hydrogen-bond donors (Lipinski definition) is 1. The lowest BCUT2D eigenvalue weighted by molar-refractivity contribution is 0.370. The van der Waals surface area contributed by atoms with Crippen molar-refractivity contribution in [3.8, 4) is 0 Å². The first-order valence-electron chi connectivity index (χ1n) is 8.71. The number of guanidine groups is 1. The van der Waals surface area contributed by atoms with Gasteiger partial charge in [0.2, 0.25) is 5.95 Å². The van der Waals surface area contributed by atoms with E-state index >= 15 is 0 Å². The molecular formula is C17H26IN7S. The van der Waals surface area contributed by atoms with E-state index in [-0.39, 0.29) is 24.0 Å². The highest BCUT2D eigenvalue weighted by Crippen LogP contribution is 2.11. The molecule has 9 heteroatoms. The molecule has 7 nitrogen and oxygen atoms in total. The van der Waals surface area contributed by atoms with Gasteiger partial charge in [-0.3, -0.25) is 4.99 Å². The predicted octanol–water partition coefficient (Wildman–Crippen LogP) is 2.05. The van der Waals surface area contributed by atoms with Gasteiger partial charge in [0.1, 0.15) is 0 Å². The van der Waals surface area contributed by atoms with Gasteiger partial charge in [0.25, 0.3) is 0 Å². The second-order valence-electron chi connectivity index (χ2n) is 5.83. The molecule has 1 aliphatic heterocycles. The summed E-state index contributed by atoms with van der Waals surface area (Å²) in [5.41, 5.74) is 1.16. The quantitative estimate of drug-likeness (QED) is 0.396. The molecular weight excluding hydrogens is 461 g/mol. The van der Waals surface area contributed by atoms with Crippen LogP contribution in [0.5, 0.6) is 0 Å². The third-order valence-electron chi connectivity index (χ3n) is 4.19. The van der Waals surface area contributed by atoms with Crippen molar-refractivity contribution in [2.45, 2.75) is 19.8 Å². The molecule has 0 saturated carbocycles. The van der Waals surface area contributed by atoms with Crippen molar-refractivity contribution in [1.29, 1.82) is 0 Å². The van der Waals surface area contributed by atoms with Gasteiger partial charge in [0, 0.05) is 64.0 Å². The number of piperazine rings is 1. The summed E-state index contributed by atoms with van der Waals surface area (Å²) in [5, 5.41) is 6.82. The highest BCUT2D eigenvalue weighted by Gasteiger charge is 2.20. The molecule has 2 aromatic heterocycles. The fourth-order valence-electron chi connectivity index (χ4n) is 2.83. The number of aryl methyl sites for hydroxylation is 1. The van der Waals surface area contributed by atoms with E-state index in [0.29, 0.717) is 0 Å². The minimum Gasteiger partial charge on any atom is -0.356 e. The summed E-state index contributed by atoms with van der Waals surface area (Å²) in [5.74, 6) is 1.76. The Morgan fingerprint density at radius 2 is 1.96 bits per heavy atom. The maximum absolute atomic E-state index is 4.61. The van der Waals surface area contributed by atoms with Crippen LogP contribution in [0.4, 0.5) is 5.95 Å². The molecule has 0 bridgehead atoms. The molecule has 142 valence electrons. The molecule has 26 heavy (non-hydrogen) atoms. The zero-order chi connectivity index (χ0) is 17.5. The molecule has 3 rings (SSSR count). The second kappa shape index (κ2) is 10.6. The van der Waals surface area contributed by atoms with E-state index in [4.69, 9.17) is 0 Å². The monoisotopic (exact) mass is 487 g/mol. The van der Waals surface area contributed by atoms with Crippen LogP contribution < -0.4 is 10.2 Å². The van der Waals surface area contributed by atoms with Crippen LogP contribution in [0.2, 0.25) is 0 Å². The molecule has 1 saturated heterocycles. The summed E-state index contributed by atoms with van der Waals surface area (Å²) >= 11 is 1.74. The van der Waals surface area contributed by atoms with Crippen molar-refractivity contribution in [1.82, 2.24) is 25.2 Å². The van der Waals surface area contributed by atoms with Crippen molar-refractivity contribution in [2.75, 3.05) is 44.7 Å². The number of nitrogens with zero attached hydrogens (tertiary/aromatic N) is 6. The predicted molar refractivity (Wildman–Crippen MR) is 118 cm³/mol. The molecule has 1 aliphatic rings. The van der Waals surface area contributed by atoms with Crippen LogP contribution in [0.15, 0.2) is 28.8 Å². The van der Waals surface area contributed by atoms with Crippen LogP contribution >= 0.6 is 35.3 Å². The Bertz CT molecular complexity index is 683. The maximum Gasteiger partial charge on any atom is 0.225 e. The molecule has 0 spiro atoms. The lowest BCUT2D eigenvalue weighted by Crippen LogP contribution is -2.53. The molecule has 0 aromatic carbocycles. The third kappa shape index (κ3) is 5.50. The number of nitrogens with one attached hydrogen (secondary N) is 1. The van der Waals surface area contributed by atoms with Crippen molar-refractivity contribution < 1.29 is 0 Å². The summed E-state index contributed by atoms with van der Waals surface area (Å²) in [6.45, 7) is 6.61. The van der Waals surface area contributed by atoms with Crippen molar-refractivity contribution in [3.63, 3.8) is 0 Å². The lowest BCUT2D eigenvalue weighted by atomic mass is 10.3. The average molecular weight is 487 g/mol. The van der Waals surface area contributed by atoms with Crippen LogP contribution in [0.1, 0.15) is 17.6 Å². The zero-order valence-electron chi connectivity index (χ0n) is 15.3. The minimum absolute atomic E-state index is 0. The summed E-state index contributed by atoms with van der Waals surface area (Å²) in [6, 6.07) is 1.84. The highest BCUT2D eigenvalue weighted by atomic mass is 127. The zero-order valence-corrected chi connectivity index (χ0v) is 18.4. The molecule has 1 N–H and O–H groups in total. The molecule has 0 amide bonds. The number of aliphatic imine (C=N–C) groups is 1. The number of halogens is 1. The highest BCUT2D eigenvalue weighted by molar-refractivity contribution is 14.0. The van der Waals surface area contributed by atoms with Gasteiger partial charge in [-0.2, -0.15) is 0 Å². The van der Waals surface area contributed by atoms with Crippen molar-refractivity contribution in [2.24, 2.45) is 4.99 Å². The number of hydrogen-bond acceptors (Lipinski definition) is 6. The SMILES string of the molecule is CCc1nc(CCNC(=NC)N2CCN(c3ncccn3)CC2)cs1.I. The van der Waals surface area contributed by atoms with Gasteiger partial charge in [-0.15, -0.1) is 35.3 Å². The van der Waals surface area contributed by atoms with E-state index < -0.39 is 0 Å². The molecule has 3 heterocycles. The number of aromatic nitrogens is 3. The Kier molecular flexibility index (Phi) is 8.49. The van der Waals surface area contributed by atoms with Gasteiger partial charge in [0.05, 0.1) is 10.7 Å². The van der Waals surface area contributed by atoms with Crippen LogP contribution in [-0.2, 0) is 12.8 Å². The largest absolute Gasteiger partial charge is 0.356 e. The Balaban J connectivity index is 0.00000243. The standard InChI is InChI=1S/C17H25N7S.HI/c1-3-15-22-14(13-25-15)5-8-21-16(18-2)23-9-11-24(12-10-23)17-19-6-4-7-20-17;/h4,6-7,13H,3,5,8-12H2,1-2H3,(H,18,21);1H. The first kappa shape index (κ1) is 20.8. The van der Waals surface area contributed by atoms with E-state index in [1.165, 1.54) is 5.01 Å². The Hall–Kier alpha value is -1.49. The average Bonchev–Trinajstić information content (AvgIpc) is 3.14. The maximum atomic E-state index is 4.61.